The summed E-state index contributed by atoms with van der Waals surface area (Å²) in [6.07, 6.45) is 3.18. The van der Waals surface area contributed by atoms with Crippen LogP contribution < -0.4 is 4.72 Å². The van der Waals surface area contributed by atoms with Gasteiger partial charge in [-0.2, -0.15) is 0 Å². The molecule has 0 fully saturated rings. The maximum absolute atomic E-state index is 12.8. The van der Waals surface area contributed by atoms with Crippen molar-refractivity contribution in [1.82, 2.24) is 10.1 Å². The highest BCUT2D eigenvalue weighted by Crippen LogP contribution is 2.23. The summed E-state index contributed by atoms with van der Waals surface area (Å²) in [5.74, 6) is -0.547. The summed E-state index contributed by atoms with van der Waals surface area (Å²) < 4.78 is 44.3. The van der Waals surface area contributed by atoms with E-state index in [0.717, 1.165) is 29.8 Å². The van der Waals surface area contributed by atoms with E-state index in [4.69, 9.17) is 4.52 Å². The van der Waals surface area contributed by atoms with Crippen molar-refractivity contribution < 1.29 is 17.3 Å². The number of sulfonamides is 1. The molecule has 0 saturated heterocycles. The second-order valence-electron chi connectivity index (χ2n) is 4.37. The molecule has 22 heavy (non-hydrogen) atoms. The highest BCUT2D eigenvalue weighted by atomic mass is 32.2. The standard InChI is InChI=1S/C14H10FN3O3S/c15-11-1-3-12(4-2-11)22(19,20)18-14-9-13(17-21-14)10-5-7-16-8-6-10/h1-9,18H. The van der Waals surface area contributed by atoms with E-state index in [1.54, 1.807) is 24.5 Å². The minimum Gasteiger partial charge on any atom is -0.337 e. The summed E-state index contributed by atoms with van der Waals surface area (Å²) in [6.45, 7) is 0. The van der Waals surface area contributed by atoms with Crippen LogP contribution in [0.25, 0.3) is 11.3 Å². The van der Waals surface area contributed by atoms with Gasteiger partial charge in [0.2, 0.25) is 5.88 Å². The van der Waals surface area contributed by atoms with Crippen LogP contribution in [0.3, 0.4) is 0 Å². The van der Waals surface area contributed by atoms with Crippen LogP contribution in [0, 0.1) is 5.82 Å². The number of hydrogen-bond donors (Lipinski definition) is 1. The topological polar surface area (TPSA) is 85.1 Å². The zero-order valence-corrected chi connectivity index (χ0v) is 11.9. The Bertz CT molecular complexity index is 877. The van der Waals surface area contributed by atoms with Gasteiger partial charge in [-0.25, -0.2) is 17.5 Å². The molecule has 0 saturated carbocycles. The van der Waals surface area contributed by atoms with Gasteiger partial charge in [-0.3, -0.25) is 4.98 Å². The van der Waals surface area contributed by atoms with Crippen molar-refractivity contribution in [2.24, 2.45) is 0 Å². The first kappa shape index (κ1) is 14.2. The first-order valence-corrected chi connectivity index (χ1v) is 7.68. The zero-order valence-electron chi connectivity index (χ0n) is 11.1. The monoisotopic (exact) mass is 319 g/mol. The lowest BCUT2D eigenvalue weighted by Gasteiger charge is -2.03. The normalized spacial score (nSPS) is 11.3. The number of aromatic nitrogens is 2. The van der Waals surface area contributed by atoms with E-state index in [1.165, 1.54) is 6.07 Å². The summed E-state index contributed by atoms with van der Waals surface area (Å²) in [5.41, 5.74) is 1.21. The average Bonchev–Trinajstić information content (AvgIpc) is 2.96. The maximum atomic E-state index is 12.8. The third-order valence-corrected chi connectivity index (χ3v) is 4.21. The van der Waals surface area contributed by atoms with E-state index >= 15 is 0 Å². The molecule has 2 heterocycles. The molecular formula is C14H10FN3O3S. The van der Waals surface area contributed by atoms with Gasteiger partial charge in [-0.15, -0.1) is 0 Å². The minimum absolute atomic E-state index is 0.0314. The fourth-order valence-corrected chi connectivity index (χ4v) is 2.76. The number of benzene rings is 1. The van der Waals surface area contributed by atoms with Gasteiger partial charge in [-0.05, 0) is 36.4 Å². The van der Waals surface area contributed by atoms with Gasteiger partial charge in [0.05, 0.1) is 4.90 Å². The number of hydrogen-bond acceptors (Lipinski definition) is 5. The summed E-state index contributed by atoms with van der Waals surface area (Å²) in [4.78, 5) is 3.81. The second-order valence-corrected chi connectivity index (χ2v) is 6.05. The van der Waals surface area contributed by atoms with Gasteiger partial charge in [0, 0.05) is 24.0 Å². The van der Waals surface area contributed by atoms with E-state index < -0.39 is 15.8 Å². The molecular weight excluding hydrogens is 309 g/mol. The summed E-state index contributed by atoms with van der Waals surface area (Å²) >= 11 is 0. The van der Waals surface area contributed by atoms with E-state index in [0.29, 0.717) is 5.69 Å². The highest BCUT2D eigenvalue weighted by molar-refractivity contribution is 7.92. The van der Waals surface area contributed by atoms with Crippen molar-refractivity contribution in [2.75, 3.05) is 4.72 Å². The van der Waals surface area contributed by atoms with Crippen LogP contribution in [0.2, 0.25) is 0 Å². The fourth-order valence-electron chi connectivity index (χ4n) is 1.79. The molecule has 0 radical (unpaired) electrons. The Morgan fingerprint density at radius 1 is 1.05 bits per heavy atom. The van der Waals surface area contributed by atoms with Gasteiger partial charge < -0.3 is 4.52 Å². The second kappa shape index (κ2) is 5.57. The molecule has 0 amide bonds. The molecule has 3 aromatic rings. The van der Waals surface area contributed by atoms with Gasteiger partial charge in [0.15, 0.2) is 0 Å². The van der Waals surface area contributed by atoms with Crippen LogP contribution in [0.5, 0.6) is 0 Å². The average molecular weight is 319 g/mol. The Balaban J connectivity index is 1.84. The number of nitrogens with zero attached hydrogens (tertiary/aromatic N) is 2. The molecule has 6 nitrogen and oxygen atoms in total. The van der Waals surface area contributed by atoms with Crippen LogP contribution in [0.1, 0.15) is 0 Å². The Labute approximate surface area is 125 Å². The van der Waals surface area contributed by atoms with Crippen molar-refractivity contribution in [3.05, 3.63) is 60.7 Å². The summed E-state index contributed by atoms with van der Waals surface area (Å²) in [5, 5.41) is 3.79. The van der Waals surface area contributed by atoms with Crippen molar-refractivity contribution in [3.63, 3.8) is 0 Å². The quantitative estimate of drug-likeness (QED) is 0.799. The summed E-state index contributed by atoms with van der Waals surface area (Å²) in [7, 11) is -3.86. The molecule has 1 N–H and O–H groups in total. The number of halogens is 1. The molecule has 0 aliphatic carbocycles. The molecule has 1 aromatic carbocycles. The lowest BCUT2D eigenvalue weighted by molar-refractivity contribution is 0.438. The molecule has 0 unspecified atom stereocenters. The Morgan fingerprint density at radius 3 is 2.41 bits per heavy atom. The minimum atomic E-state index is -3.86. The maximum Gasteiger partial charge on any atom is 0.264 e. The molecule has 0 aliphatic heterocycles. The van der Waals surface area contributed by atoms with Crippen LogP contribution >= 0.6 is 0 Å². The molecule has 2 aromatic heterocycles. The van der Waals surface area contributed by atoms with Crippen LogP contribution in [-0.4, -0.2) is 18.6 Å². The summed E-state index contributed by atoms with van der Waals surface area (Å²) in [6, 6.07) is 9.35. The van der Waals surface area contributed by atoms with E-state index in [1.807, 2.05) is 0 Å². The molecule has 0 bridgehead atoms. The molecule has 0 aliphatic rings. The smallest absolute Gasteiger partial charge is 0.264 e. The largest absolute Gasteiger partial charge is 0.337 e. The van der Waals surface area contributed by atoms with Crippen molar-refractivity contribution in [3.8, 4) is 11.3 Å². The number of anilines is 1. The van der Waals surface area contributed by atoms with E-state index in [-0.39, 0.29) is 10.8 Å². The van der Waals surface area contributed by atoms with Crippen LogP contribution in [0.15, 0.2) is 64.3 Å². The Kier molecular flexibility index (Phi) is 3.60. The fraction of sp³-hybridized carbons (Fsp3) is 0. The highest BCUT2D eigenvalue weighted by Gasteiger charge is 2.17. The Morgan fingerprint density at radius 2 is 1.73 bits per heavy atom. The lowest BCUT2D eigenvalue weighted by Crippen LogP contribution is -2.12. The van der Waals surface area contributed by atoms with E-state index in [9.17, 15) is 12.8 Å². The first-order chi connectivity index (χ1) is 10.5. The zero-order chi connectivity index (χ0) is 15.6. The van der Waals surface area contributed by atoms with Crippen LogP contribution in [0.4, 0.5) is 10.3 Å². The van der Waals surface area contributed by atoms with Crippen molar-refractivity contribution in [2.45, 2.75) is 4.90 Å². The molecule has 8 heteroatoms. The lowest BCUT2D eigenvalue weighted by atomic mass is 10.2. The van der Waals surface area contributed by atoms with E-state index in [2.05, 4.69) is 14.9 Å². The molecule has 112 valence electrons. The third-order valence-electron chi connectivity index (χ3n) is 2.85. The van der Waals surface area contributed by atoms with Gasteiger partial charge in [0.1, 0.15) is 11.5 Å². The predicted octanol–water partition coefficient (Wildman–Crippen LogP) is 2.68. The van der Waals surface area contributed by atoms with Crippen molar-refractivity contribution in [1.29, 1.82) is 0 Å². The molecule has 0 spiro atoms. The first-order valence-electron chi connectivity index (χ1n) is 6.20. The Hall–Kier alpha value is -2.74. The predicted molar refractivity (Wildman–Crippen MR) is 76.9 cm³/mol. The number of rotatable bonds is 4. The van der Waals surface area contributed by atoms with Crippen LogP contribution in [-0.2, 0) is 10.0 Å². The third kappa shape index (κ3) is 2.96. The number of pyridine rings is 1. The van der Waals surface area contributed by atoms with Gasteiger partial charge in [0.25, 0.3) is 10.0 Å². The molecule has 0 atom stereocenters. The number of nitrogens with one attached hydrogen (secondary N) is 1. The molecule has 3 rings (SSSR count). The van der Waals surface area contributed by atoms with Gasteiger partial charge >= 0.3 is 0 Å². The SMILES string of the molecule is O=S(=O)(Nc1cc(-c2ccncc2)no1)c1ccc(F)cc1. The van der Waals surface area contributed by atoms with Gasteiger partial charge in [-0.1, -0.05) is 5.16 Å². The van der Waals surface area contributed by atoms with Crippen molar-refractivity contribution >= 4 is 15.9 Å².